The Morgan fingerprint density at radius 2 is 1.91 bits per heavy atom. The molecule has 3 heteroatoms. The minimum atomic E-state index is 0.535. The van der Waals surface area contributed by atoms with E-state index < -0.39 is 0 Å². The lowest BCUT2D eigenvalue weighted by molar-refractivity contribution is 0.244. The van der Waals surface area contributed by atoms with Crippen LogP contribution in [-0.2, 0) is 0 Å². The molecule has 1 unspecified atom stereocenters. The lowest BCUT2D eigenvalue weighted by atomic mass is 10.2. The van der Waals surface area contributed by atoms with Gasteiger partial charge >= 0.3 is 0 Å². The number of nitrogens with zero attached hydrogens (tertiary/aromatic N) is 1. The SMILES string of the molecule is C(=C\c1ccccc1)/CNCC(c1cccs1)N1CCCC1. The molecule has 0 bridgehead atoms. The predicted molar refractivity (Wildman–Crippen MR) is 96.2 cm³/mol. The number of rotatable bonds is 7. The van der Waals surface area contributed by atoms with Crippen molar-refractivity contribution in [1.82, 2.24) is 10.2 Å². The predicted octanol–water partition coefficient (Wildman–Crippen LogP) is 4.19. The molecule has 2 heterocycles. The maximum Gasteiger partial charge on any atom is 0.0566 e. The van der Waals surface area contributed by atoms with Gasteiger partial charge in [0.1, 0.15) is 0 Å². The quantitative estimate of drug-likeness (QED) is 0.771. The molecule has 2 nitrogen and oxygen atoms in total. The summed E-state index contributed by atoms with van der Waals surface area (Å²) < 4.78 is 0. The van der Waals surface area contributed by atoms with Gasteiger partial charge in [0.05, 0.1) is 6.04 Å². The van der Waals surface area contributed by atoms with E-state index in [0.717, 1.165) is 13.1 Å². The number of thiophene rings is 1. The van der Waals surface area contributed by atoms with Crippen LogP contribution in [0.25, 0.3) is 6.08 Å². The number of hydrogen-bond acceptors (Lipinski definition) is 3. The van der Waals surface area contributed by atoms with Gasteiger partial charge in [-0.05, 0) is 42.9 Å². The first-order chi connectivity index (χ1) is 10.9. The molecule has 3 rings (SSSR count). The van der Waals surface area contributed by atoms with Crippen LogP contribution in [0.1, 0.15) is 29.3 Å². The summed E-state index contributed by atoms with van der Waals surface area (Å²) in [5.41, 5.74) is 1.26. The molecule has 0 aliphatic carbocycles. The highest BCUT2D eigenvalue weighted by Crippen LogP contribution is 2.27. The Morgan fingerprint density at radius 3 is 2.64 bits per heavy atom. The van der Waals surface area contributed by atoms with Crippen molar-refractivity contribution in [2.24, 2.45) is 0 Å². The molecule has 1 aromatic carbocycles. The maximum atomic E-state index is 3.60. The molecule has 1 fully saturated rings. The van der Waals surface area contributed by atoms with Gasteiger partial charge in [0.25, 0.3) is 0 Å². The molecular formula is C19H24N2S. The van der Waals surface area contributed by atoms with Crippen molar-refractivity contribution >= 4 is 17.4 Å². The van der Waals surface area contributed by atoms with Crippen LogP contribution in [0.2, 0.25) is 0 Å². The van der Waals surface area contributed by atoms with Crippen molar-refractivity contribution in [2.75, 3.05) is 26.2 Å². The molecule has 0 spiro atoms. The largest absolute Gasteiger partial charge is 0.311 e. The van der Waals surface area contributed by atoms with Gasteiger partial charge in [0, 0.05) is 18.0 Å². The molecule has 0 amide bonds. The lowest BCUT2D eigenvalue weighted by Crippen LogP contribution is -2.33. The summed E-state index contributed by atoms with van der Waals surface area (Å²) in [5, 5.41) is 5.79. The molecule has 2 aromatic rings. The van der Waals surface area contributed by atoms with Crippen molar-refractivity contribution in [3.63, 3.8) is 0 Å². The molecule has 0 radical (unpaired) electrons. The van der Waals surface area contributed by atoms with E-state index in [1.54, 1.807) is 0 Å². The van der Waals surface area contributed by atoms with Crippen molar-refractivity contribution in [2.45, 2.75) is 18.9 Å². The fraction of sp³-hybridized carbons (Fsp3) is 0.368. The van der Waals surface area contributed by atoms with Gasteiger partial charge in [-0.2, -0.15) is 0 Å². The molecule has 1 aliphatic heterocycles. The van der Waals surface area contributed by atoms with Gasteiger partial charge < -0.3 is 5.32 Å². The second kappa shape index (κ2) is 8.28. The highest BCUT2D eigenvalue weighted by Gasteiger charge is 2.23. The number of benzene rings is 1. The second-order valence-electron chi connectivity index (χ2n) is 5.75. The van der Waals surface area contributed by atoms with Crippen molar-refractivity contribution < 1.29 is 0 Å². The molecule has 22 heavy (non-hydrogen) atoms. The van der Waals surface area contributed by atoms with Crippen LogP contribution in [0.4, 0.5) is 0 Å². The fourth-order valence-electron chi connectivity index (χ4n) is 3.01. The van der Waals surface area contributed by atoms with E-state index in [2.05, 4.69) is 70.2 Å². The molecule has 1 N–H and O–H groups in total. The summed E-state index contributed by atoms with van der Waals surface area (Å²) in [6, 6.07) is 15.4. The first-order valence-corrected chi connectivity index (χ1v) is 9.01. The van der Waals surface area contributed by atoms with Crippen LogP contribution in [0, 0.1) is 0 Å². The van der Waals surface area contributed by atoms with E-state index in [1.165, 1.54) is 36.4 Å². The zero-order chi connectivity index (χ0) is 15.0. The highest BCUT2D eigenvalue weighted by molar-refractivity contribution is 7.10. The van der Waals surface area contributed by atoms with Gasteiger partial charge in [-0.25, -0.2) is 0 Å². The number of hydrogen-bond donors (Lipinski definition) is 1. The molecular weight excluding hydrogens is 288 g/mol. The Kier molecular flexibility index (Phi) is 5.82. The standard InChI is InChI=1S/C19H24N2S/c1-2-8-17(9-3-1)10-6-12-20-16-18(19-11-7-15-22-19)21-13-4-5-14-21/h1-3,6-11,15,18,20H,4-5,12-14,16H2/b10-6+. The summed E-state index contributed by atoms with van der Waals surface area (Å²) in [4.78, 5) is 4.11. The van der Waals surface area contributed by atoms with E-state index in [-0.39, 0.29) is 0 Å². The van der Waals surface area contributed by atoms with E-state index >= 15 is 0 Å². The Hall–Kier alpha value is -1.42. The summed E-state index contributed by atoms with van der Waals surface area (Å²) in [6.07, 6.45) is 7.08. The summed E-state index contributed by atoms with van der Waals surface area (Å²) in [6.45, 7) is 4.43. The van der Waals surface area contributed by atoms with Crippen LogP contribution in [0.5, 0.6) is 0 Å². The first-order valence-electron chi connectivity index (χ1n) is 8.13. The van der Waals surface area contributed by atoms with Crippen LogP contribution >= 0.6 is 11.3 Å². The average molecular weight is 312 g/mol. The molecule has 1 saturated heterocycles. The number of nitrogens with one attached hydrogen (secondary N) is 1. The number of likely N-dealkylation sites (tertiary alicyclic amines) is 1. The van der Waals surface area contributed by atoms with E-state index in [0.29, 0.717) is 6.04 Å². The summed E-state index contributed by atoms with van der Waals surface area (Å²) in [5.74, 6) is 0. The minimum Gasteiger partial charge on any atom is -0.311 e. The van der Waals surface area contributed by atoms with Gasteiger partial charge in [0.15, 0.2) is 0 Å². The van der Waals surface area contributed by atoms with Crippen molar-refractivity contribution in [1.29, 1.82) is 0 Å². The minimum absolute atomic E-state index is 0.535. The third kappa shape index (κ3) is 4.29. The molecule has 1 aromatic heterocycles. The Morgan fingerprint density at radius 1 is 1.09 bits per heavy atom. The van der Waals surface area contributed by atoms with Crippen molar-refractivity contribution in [3.05, 3.63) is 64.4 Å². The second-order valence-corrected chi connectivity index (χ2v) is 6.72. The van der Waals surface area contributed by atoms with Crippen LogP contribution in [-0.4, -0.2) is 31.1 Å². The maximum absolute atomic E-state index is 3.60. The smallest absolute Gasteiger partial charge is 0.0566 e. The third-order valence-electron chi connectivity index (χ3n) is 4.16. The molecule has 116 valence electrons. The van der Waals surface area contributed by atoms with Gasteiger partial charge in [-0.1, -0.05) is 48.6 Å². The lowest BCUT2D eigenvalue weighted by Gasteiger charge is -2.26. The molecule has 1 atom stereocenters. The average Bonchev–Trinajstić information content (AvgIpc) is 3.25. The van der Waals surface area contributed by atoms with Gasteiger partial charge in [-0.3, -0.25) is 4.90 Å². The van der Waals surface area contributed by atoms with Crippen LogP contribution < -0.4 is 5.32 Å². The zero-order valence-corrected chi connectivity index (χ0v) is 13.8. The first kappa shape index (κ1) is 15.5. The fourth-order valence-corrected chi connectivity index (χ4v) is 3.87. The van der Waals surface area contributed by atoms with Crippen molar-refractivity contribution in [3.8, 4) is 0 Å². The van der Waals surface area contributed by atoms with E-state index in [4.69, 9.17) is 0 Å². The Bertz CT molecular complexity index is 556. The Labute approximate surface area is 137 Å². The van der Waals surface area contributed by atoms with Gasteiger partial charge in [-0.15, -0.1) is 11.3 Å². The molecule has 1 aliphatic rings. The summed E-state index contributed by atoms with van der Waals surface area (Å²) >= 11 is 1.88. The summed E-state index contributed by atoms with van der Waals surface area (Å²) in [7, 11) is 0. The normalized spacial score (nSPS) is 17.3. The third-order valence-corrected chi connectivity index (χ3v) is 5.14. The van der Waals surface area contributed by atoms with E-state index in [1.807, 2.05) is 11.3 Å². The van der Waals surface area contributed by atoms with Gasteiger partial charge in [0.2, 0.25) is 0 Å². The highest BCUT2D eigenvalue weighted by atomic mass is 32.1. The van der Waals surface area contributed by atoms with Crippen LogP contribution in [0.15, 0.2) is 53.9 Å². The van der Waals surface area contributed by atoms with E-state index in [9.17, 15) is 0 Å². The molecule has 0 saturated carbocycles. The monoisotopic (exact) mass is 312 g/mol. The Balaban J connectivity index is 1.50. The van der Waals surface area contributed by atoms with Crippen LogP contribution in [0.3, 0.4) is 0 Å². The zero-order valence-electron chi connectivity index (χ0n) is 12.9. The topological polar surface area (TPSA) is 15.3 Å².